The lowest BCUT2D eigenvalue weighted by molar-refractivity contribution is 0.178. The van der Waals surface area contributed by atoms with Gasteiger partial charge in [0.1, 0.15) is 0 Å². The molecule has 0 radical (unpaired) electrons. The van der Waals surface area contributed by atoms with Crippen molar-refractivity contribution in [2.45, 2.75) is 50.2 Å². The van der Waals surface area contributed by atoms with Gasteiger partial charge in [0.25, 0.3) is 0 Å². The number of carbonyl (C=O) groups excluding carboxylic acids is 1. The molecule has 3 heterocycles. The van der Waals surface area contributed by atoms with Gasteiger partial charge in [-0.3, -0.25) is 4.90 Å². The Morgan fingerprint density at radius 1 is 1.05 bits per heavy atom. The summed E-state index contributed by atoms with van der Waals surface area (Å²) in [5.74, 6) is 0.276. The molecule has 114 valence electrons. The minimum atomic E-state index is -2.94. The van der Waals surface area contributed by atoms with Crippen molar-refractivity contribution in [2.24, 2.45) is 0 Å². The summed E-state index contributed by atoms with van der Waals surface area (Å²) in [6.07, 6.45) is 5.19. The number of nitrogens with one attached hydrogen (secondary N) is 2. The molecule has 0 aromatic rings. The molecule has 2 N–H and O–H groups in total. The van der Waals surface area contributed by atoms with E-state index >= 15 is 0 Å². The molecule has 3 aliphatic rings. The molecule has 0 bridgehead atoms. The van der Waals surface area contributed by atoms with Gasteiger partial charge in [-0.25, -0.2) is 13.2 Å². The smallest absolute Gasteiger partial charge is 0.315 e. The Labute approximate surface area is 120 Å². The third-order valence-corrected chi connectivity index (χ3v) is 6.51. The molecule has 0 saturated carbocycles. The quantitative estimate of drug-likeness (QED) is 0.758. The van der Waals surface area contributed by atoms with E-state index < -0.39 is 9.84 Å². The molecular weight excluding hydrogens is 278 g/mol. The third kappa shape index (κ3) is 3.09. The third-order valence-electron chi connectivity index (χ3n) is 4.74. The highest BCUT2D eigenvalue weighted by Gasteiger charge is 2.37. The molecule has 3 fully saturated rings. The van der Waals surface area contributed by atoms with Gasteiger partial charge in [0.05, 0.1) is 11.5 Å². The maximum absolute atomic E-state index is 12.0. The van der Waals surface area contributed by atoms with E-state index in [1.165, 1.54) is 12.8 Å². The van der Waals surface area contributed by atoms with Gasteiger partial charge in [-0.1, -0.05) is 6.42 Å². The molecule has 6 nitrogen and oxygen atoms in total. The second kappa shape index (κ2) is 5.52. The molecule has 7 heteroatoms. The van der Waals surface area contributed by atoms with Crippen molar-refractivity contribution in [1.29, 1.82) is 0 Å². The summed E-state index contributed by atoms with van der Waals surface area (Å²) in [6, 6.07) is 0.267. The van der Waals surface area contributed by atoms with Gasteiger partial charge in [0.2, 0.25) is 0 Å². The maximum atomic E-state index is 12.0. The molecule has 0 spiro atoms. The number of nitrogens with zero attached hydrogens (tertiary/aromatic N) is 1. The SMILES string of the molecule is O=C(N[C@@H]1CCS(=O)(=O)C1)N[C@H]1CCN2CCCC[C@H]12. The highest BCUT2D eigenvalue weighted by Crippen LogP contribution is 2.27. The summed E-state index contributed by atoms with van der Waals surface area (Å²) in [5.41, 5.74) is 0. The molecule has 0 aromatic carbocycles. The van der Waals surface area contributed by atoms with Crippen molar-refractivity contribution >= 4 is 15.9 Å². The number of rotatable bonds is 2. The fourth-order valence-corrected chi connectivity index (χ4v) is 5.39. The van der Waals surface area contributed by atoms with E-state index in [1.807, 2.05) is 0 Å². The van der Waals surface area contributed by atoms with Crippen molar-refractivity contribution in [3.63, 3.8) is 0 Å². The zero-order chi connectivity index (χ0) is 14.2. The minimum Gasteiger partial charge on any atom is -0.334 e. The number of amides is 2. The van der Waals surface area contributed by atoms with Crippen LogP contribution in [-0.2, 0) is 9.84 Å². The van der Waals surface area contributed by atoms with Crippen LogP contribution in [0.5, 0.6) is 0 Å². The van der Waals surface area contributed by atoms with Crippen molar-refractivity contribution in [3.8, 4) is 0 Å². The van der Waals surface area contributed by atoms with Crippen LogP contribution in [0.3, 0.4) is 0 Å². The molecule has 0 aliphatic carbocycles. The molecule has 0 aromatic heterocycles. The molecule has 0 unspecified atom stereocenters. The Kier molecular flexibility index (Phi) is 3.90. The first-order valence-corrected chi connectivity index (χ1v) is 9.37. The predicted octanol–water partition coefficient (Wildman–Crippen LogP) is 0.0995. The highest BCUT2D eigenvalue weighted by atomic mass is 32.2. The minimum absolute atomic E-state index is 0.0840. The lowest BCUT2D eigenvalue weighted by atomic mass is 9.99. The number of carbonyl (C=O) groups is 1. The maximum Gasteiger partial charge on any atom is 0.315 e. The molecular formula is C13H23N3O3S. The summed E-state index contributed by atoms with van der Waals surface area (Å²) in [7, 11) is -2.94. The van der Waals surface area contributed by atoms with Crippen LogP contribution < -0.4 is 10.6 Å². The zero-order valence-corrected chi connectivity index (χ0v) is 12.5. The molecule has 3 saturated heterocycles. The van der Waals surface area contributed by atoms with Gasteiger partial charge < -0.3 is 10.6 Å². The summed E-state index contributed by atoms with van der Waals surface area (Å²) in [5, 5.41) is 5.85. The Balaban J connectivity index is 1.49. The van der Waals surface area contributed by atoms with E-state index in [9.17, 15) is 13.2 Å². The summed E-state index contributed by atoms with van der Waals surface area (Å²) in [4.78, 5) is 14.5. The second-order valence-electron chi connectivity index (χ2n) is 6.21. The van der Waals surface area contributed by atoms with Gasteiger partial charge in [0, 0.05) is 24.7 Å². The van der Waals surface area contributed by atoms with Gasteiger partial charge in [-0.2, -0.15) is 0 Å². The monoisotopic (exact) mass is 301 g/mol. The largest absolute Gasteiger partial charge is 0.334 e. The van der Waals surface area contributed by atoms with Crippen LogP contribution in [0, 0.1) is 0 Å². The highest BCUT2D eigenvalue weighted by molar-refractivity contribution is 7.91. The van der Waals surface area contributed by atoms with Crippen LogP contribution >= 0.6 is 0 Å². The lowest BCUT2D eigenvalue weighted by Crippen LogP contribution is -2.51. The van der Waals surface area contributed by atoms with Crippen LogP contribution in [-0.4, -0.2) is 62.1 Å². The Bertz CT molecular complexity index is 479. The first-order valence-electron chi connectivity index (χ1n) is 7.55. The first kappa shape index (κ1) is 14.1. The van der Waals surface area contributed by atoms with E-state index in [2.05, 4.69) is 15.5 Å². The number of hydrogen-bond donors (Lipinski definition) is 2. The van der Waals surface area contributed by atoms with Gasteiger partial charge in [-0.05, 0) is 32.2 Å². The van der Waals surface area contributed by atoms with Crippen molar-refractivity contribution in [2.75, 3.05) is 24.6 Å². The second-order valence-corrected chi connectivity index (χ2v) is 8.44. The van der Waals surface area contributed by atoms with E-state index in [0.29, 0.717) is 12.5 Å². The van der Waals surface area contributed by atoms with E-state index in [-0.39, 0.29) is 29.6 Å². The predicted molar refractivity (Wildman–Crippen MR) is 76.3 cm³/mol. The average Bonchev–Trinajstić information content (AvgIpc) is 2.94. The summed E-state index contributed by atoms with van der Waals surface area (Å²) in [6.45, 7) is 2.21. The molecule has 3 rings (SSSR count). The van der Waals surface area contributed by atoms with Crippen molar-refractivity contribution in [1.82, 2.24) is 15.5 Å². The van der Waals surface area contributed by atoms with Crippen LogP contribution in [0.1, 0.15) is 32.1 Å². The topological polar surface area (TPSA) is 78.5 Å². The standard InChI is InChI=1S/C13H23N3O3S/c17-13(14-10-5-8-20(18,19)9-10)15-11-4-7-16-6-2-1-3-12(11)16/h10-12H,1-9H2,(H2,14,15,17)/t10-,11+,12-/m1/s1. The summed E-state index contributed by atoms with van der Waals surface area (Å²) < 4.78 is 22.8. The molecule has 3 atom stereocenters. The fraction of sp³-hybridized carbons (Fsp3) is 0.923. The van der Waals surface area contributed by atoms with Crippen molar-refractivity contribution in [3.05, 3.63) is 0 Å². The van der Waals surface area contributed by atoms with Gasteiger partial charge >= 0.3 is 6.03 Å². The number of urea groups is 1. The number of hydrogen-bond acceptors (Lipinski definition) is 4. The van der Waals surface area contributed by atoms with Crippen LogP contribution in [0.15, 0.2) is 0 Å². The number of sulfone groups is 1. The molecule has 2 amide bonds. The molecule has 20 heavy (non-hydrogen) atoms. The van der Waals surface area contributed by atoms with Crippen LogP contribution in [0.2, 0.25) is 0 Å². The number of piperidine rings is 1. The van der Waals surface area contributed by atoms with E-state index in [4.69, 9.17) is 0 Å². The molecule has 3 aliphatic heterocycles. The first-order chi connectivity index (χ1) is 9.53. The average molecular weight is 301 g/mol. The van der Waals surface area contributed by atoms with E-state index in [0.717, 1.165) is 25.9 Å². The summed E-state index contributed by atoms with van der Waals surface area (Å²) >= 11 is 0. The Morgan fingerprint density at radius 3 is 2.65 bits per heavy atom. The number of fused-ring (bicyclic) bond motifs is 1. The van der Waals surface area contributed by atoms with E-state index in [1.54, 1.807) is 0 Å². The lowest BCUT2D eigenvalue weighted by Gasteiger charge is -2.32. The van der Waals surface area contributed by atoms with Crippen molar-refractivity contribution < 1.29 is 13.2 Å². The van der Waals surface area contributed by atoms with Crippen LogP contribution in [0.4, 0.5) is 4.79 Å². The normalized spacial score (nSPS) is 36.5. The Hall–Kier alpha value is -0.820. The van der Waals surface area contributed by atoms with Crippen LogP contribution in [0.25, 0.3) is 0 Å². The van der Waals surface area contributed by atoms with Gasteiger partial charge in [-0.15, -0.1) is 0 Å². The zero-order valence-electron chi connectivity index (χ0n) is 11.7. The van der Waals surface area contributed by atoms with Gasteiger partial charge in [0.15, 0.2) is 9.84 Å². The Morgan fingerprint density at radius 2 is 1.90 bits per heavy atom. The fourth-order valence-electron chi connectivity index (χ4n) is 3.72.